The molecule has 9 heteroatoms. The average molecular weight is 508 g/mol. The fraction of sp³-hybridized carbons (Fsp3) is 0.115. The zero-order valence-corrected chi connectivity index (χ0v) is 20.7. The molecule has 0 radical (unpaired) electrons. The van der Waals surface area contributed by atoms with Crippen LogP contribution >= 0.6 is 20.8 Å². The summed E-state index contributed by atoms with van der Waals surface area (Å²) < 4.78 is 6.67. The van der Waals surface area contributed by atoms with Gasteiger partial charge in [-0.25, -0.2) is 4.79 Å². The van der Waals surface area contributed by atoms with Crippen molar-refractivity contribution in [3.05, 3.63) is 110 Å². The molecule has 0 spiro atoms. The molecular weight excluding hydrogens is 485 g/mol. The lowest BCUT2D eigenvalue weighted by molar-refractivity contribution is 0.0589. The predicted octanol–water partition coefficient (Wildman–Crippen LogP) is 4.19. The number of fused-ring (bicyclic) bond motifs is 1. The molecule has 2 atom stereocenters. The number of carbonyl (C=O) groups is 2. The molecule has 0 aliphatic carbocycles. The van der Waals surface area contributed by atoms with Gasteiger partial charge in [-0.2, -0.15) is 0 Å². The van der Waals surface area contributed by atoms with Gasteiger partial charge >= 0.3 is 5.97 Å². The van der Waals surface area contributed by atoms with E-state index in [1.54, 1.807) is 59.2 Å². The van der Waals surface area contributed by atoms with E-state index in [0.29, 0.717) is 27.2 Å². The number of esters is 1. The molecule has 2 unspecified atom stereocenters. The predicted molar refractivity (Wildman–Crippen MR) is 140 cm³/mol. The van der Waals surface area contributed by atoms with E-state index in [2.05, 4.69) is 14.6 Å². The van der Waals surface area contributed by atoms with Crippen molar-refractivity contribution in [3.8, 4) is 5.69 Å². The molecule has 0 fully saturated rings. The summed E-state index contributed by atoms with van der Waals surface area (Å²) in [7, 11) is 3.73. The summed E-state index contributed by atoms with van der Waals surface area (Å²) in [5.74, 6) is -1.35. The van der Waals surface area contributed by atoms with Gasteiger partial charge in [0.1, 0.15) is 5.69 Å². The first-order valence-corrected chi connectivity index (χ1v) is 11.8. The van der Waals surface area contributed by atoms with Crippen molar-refractivity contribution in [2.24, 2.45) is 5.73 Å². The Bertz CT molecular complexity index is 1470. The first-order valence-electron chi connectivity index (χ1n) is 10.7. The van der Waals surface area contributed by atoms with Crippen molar-refractivity contribution in [3.63, 3.8) is 0 Å². The lowest BCUT2D eigenvalue weighted by atomic mass is 10.1. The highest BCUT2D eigenvalue weighted by Gasteiger charge is 2.24. The van der Waals surface area contributed by atoms with Crippen LogP contribution in [0.15, 0.2) is 77.6 Å². The maximum absolute atomic E-state index is 13.5. The molecule has 35 heavy (non-hydrogen) atoms. The summed E-state index contributed by atoms with van der Waals surface area (Å²) in [5, 5.41) is 3.52. The van der Waals surface area contributed by atoms with Crippen molar-refractivity contribution in [2.45, 2.75) is 12.3 Å². The van der Waals surface area contributed by atoms with Crippen LogP contribution < -0.4 is 16.5 Å². The summed E-state index contributed by atoms with van der Waals surface area (Å²) >= 11 is 6.24. The quantitative estimate of drug-likeness (QED) is 0.301. The molecule has 3 N–H and O–H groups in total. The number of nitrogens with two attached hydrogens (primary N) is 1. The minimum atomic E-state index is -0.712. The Morgan fingerprint density at radius 1 is 1.09 bits per heavy atom. The molecule has 3 aromatic carbocycles. The van der Waals surface area contributed by atoms with E-state index in [0.717, 1.165) is 5.56 Å². The Balaban J connectivity index is 1.85. The number of hydrogen-bond donors (Lipinski definition) is 2. The number of amides is 1. The number of rotatable bonds is 6. The van der Waals surface area contributed by atoms with Crippen molar-refractivity contribution in [1.82, 2.24) is 9.88 Å². The fourth-order valence-corrected chi connectivity index (χ4v) is 4.24. The van der Waals surface area contributed by atoms with E-state index in [1.165, 1.54) is 7.11 Å². The Morgan fingerprint density at radius 2 is 1.77 bits per heavy atom. The second kappa shape index (κ2) is 10.4. The topological polar surface area (TPSA) is 103 Å². The van der Waals surface area contributed by atoms with Gasteiger partial charge in [0.15, 0.2) is 5.43 Å². The maximum atomic E-state index is 13.5. The lowest BCUT2D eigenvalue weighted by Crippen LogP contribution is -2.31. The maximum Gasteiger partial charge on any atom is 0.355 e. The second-order valence-corrected chi connectivity index (χ2v) is 8.97. The first-order chi connectivity index (χ1) is 16.8. The highest BCUT2D eigenvalue weighted by atomic mass is 35.5. The first kappa shape index (κ1) is 24.6. The van der Waals surface area contributed by atoms with Gasteiger partial charge in [0.25, 0.3) is 5.91 Å². The van der Waals surface area contributed by atoms with E-state index in [9.17, 15) is 14.4 Å². The standard InChI is InChI=1S/C26H23ClN3O4P/c1-34-26(33)22-20(14-29-25(32)16-9-7-15(8-10-16)24(28)35)23(31)19-12-11-17(27)13-21(19)30(22)18-5-3-2-4-6-18/h2-13,24H,14,28,35H2,1H3,(H,29,32). The highest BCUT2D eigenvalue weighted by molar-refractivity contribution is 7.17. The Kier molecular flexibility index (Phi) is 7.31. The van der Waals surface area contributed by atoms with Crippen LogP contribution in [0.4, 0.5) is 0 Å². The third-order valence-electron chi connectivity index (χ3n) is 5.61. The number of aromatic nitrogens is 1. The molecule has 7 nitrogen and oxygen atoms in total. The number of ether oxygens (including phenoxy) is 1. The summed E-state index contributed by atoms with van der Waals surface area (Å²) in [6.07, 6.45) is 0. The minimum Gasteiger partial charge on any atom is -0.464 e. The molecule has 1 aromatic heterocycles. The molecule has 1 amide bonds. The highest BCUT2D eigenvalue weighted by Crippen LogP contribution is 2.25. The number of nitrogens with one attached hydrogen (secondary N) is 1. The normalized spacial score (nSPS) is 11.8. The number of carbonyl (C=O) groups excluding carboxylic acids is 2. The monoisotopic (exact) mass is 507 g/mol. The number of hydrogen-bond acceptors (Lipinski definition) is 5. The number of benzene rings is 3. The van der Waals surface area contributed by atoms with Gasteiger partial charge in [0.05, 0.1) is 18.2 Å². The van der Waals surface area contributed by atoms with Gasteiger partial charge in [-0.3, -0.25) is 9.59 Å². The third kappa shape index (κ3) is 4.98. The van der Waals surface area contributed by atoms with E-state index in [-0.39, 0.29) is 23.6 Å². The van der Waals surface area contributed by atoms with Crippen LogP contribution in [0.1, 0.15) is 37.8 Å². The number of pyridine rings is 1. The van der Waals surface area contributed by atoms with Crippen molar-refractivity contribution >= 4 is 43.6 Å². The summed E-state index contributed by atoms with van der Waals surface area (Å²) in [5.41, 5.74) is 7.91. The van der Waals surface area contributed by atoms with Crippen LogP contribution in [0, 0.1) is 0 Å². The second-order valence-electron chi connectivity index (χ2n) is 7.81. The molecule has 0 saturated heterocycles. The number of para-hydroxylation sites is 1. The zero-order chi connectivity index (χ0) is 25.1. The Morgan fingerprint density at radius 3 is 2.40 bits per heavy atom. The summed E-state index contributed by atoms with van der Waals surface area (Å²) in [4.78, 5) is 39.3. The minimum absolute atomic E-state index is 0.0168. The molecule has 178 valence electrons. The molecule has 0 saturated carbocycles. The van der Waals surface area contributed by atoms with E-state index >= 15 is 0 Å². The number of nitrogens with zero attached hydrogens (tertiary/aromatic N) is 1. The zero-order valence-electron chi connectivity index (χ0n) is 18.8. The molecule has 0 bridgehead atoms. The van der Waals surface area contributed by atoms with Crippen LogP contribution in [0.25, 0.3) is 16.6 Å². The average Bonchev–Trinajstić information content (AvgIpc) is 2.87. The van der Waals surface area contributed by atoms with Crippen LogP contribution in [0.3, 0.4) is 0 Å². The van der Waals surface area contributed by atoms with Crippen LogP contribution in [-0.2, 0) is 11.3 Å². The molecule has 4 aromatic rings. The Hall–Kier alpha value is -3.51. The summed E-state index contributed by atoms with van der Waals surface area (Å²) in [6, 6.07) is 20.7. The van der Waals surface area contributed by atoms with E-state index in [1.807, 2.05) is 18.2 Å². The van der Waals surface area contributed by atoms with Gasteiger partial charge in [-0.05, 0) is 48.0 Å². The largest absolute Gasteiger partial charge is 0.464 e. The summed E-state index contributed by atoms with van der Waals surface area (Å²) in [6.45, 7) is -0.182. The number of methoxy groups -OCH3 is 1. The van der Waals surface area contributed by atoms with Crippen LogP contribution in [0.5, 0.6) is 0 Å². The lowest BCUT2D eigenvalue weighted by Gasteiger charge is -2.20. The van der Waals surface area contributed by atoms with Crippen LogP contribution in [0.2, 0.25) is 5.02 Å². The van der Waals surface area contributed by atoms with E-state index in [4.69, 9.17) is 22.1 Å². The van der Waals surface area contributed by atoms with Gasteiger partial charge in [-0.1, -0.05) is 41.9 Å². The van der Waals surface area contributed by atoms with E-state index < -0.39 is 17.3 Å². The Labute approximate surface area is 209 Å². The molecule has 0 aliphatic heterocycles. The molecular formula is C26H23ClN3O4P. The third-order valence-corrected chi connectivity index (χ3v) is 6.23. The molecule has 4 rings (SSSR count). The molecule has 0 aliphatic rings. The SMILES string of the molecule is COC(=O)c1c(CNC(=O)c2ccc(C(N)P)cc2)c(=O)c2ccc(Cl)cc2n1-c1ccccc1. The van der Waals surface area contributed by atoms with Gasteiger partial charge in [0, 0.05) is 34.0 Å². The number of halogens is 1. The van der Waals surface area contributed by atoms with Crippen molar-refractivity contribution < 1.29 is 14.3 Å². The van der Waals surface area contributed by atoms with Gasteiger partial charge < -0.3 is 20.4 Å². The molecule has 1 heterocycles. The van der Waals surface area contributed by atoms with Gasteiger partial charge in [-0.15, -0.1) is 9.24 Å². The van der Waals surface area contributed by atoms with Crippen molar-refractivity contribution in [2.75, 3.05) is 7.11 Å². The van der Waals surface area contributed by atoms with Crippen molar-refractivity contribution in [1.29, 1.82) is 0 Å². The van der Waals surface area contributed by atoms with Crippen LogP contribution in [-0.4, -0.2) is 23.6 Å². The van der Waals surface area contributed by atoms with Gasteiger partial charge in [0.2, 0.25) is 0 Å². The smallest absolute Gasteiger partial charge is 0.355 e. The fourth-order valence-electron chi connectivity index (χ4n) is 3.86.